The van der Waals surface area contributed by atoms with Crippen LogP contribution in [0.25, 0.3) is 0 Å². The summed E-state index contributed by atoms with van der Waals surface area (Å²) in [6.45, 7) is 3.99. The molecule has 0 atom stereocenters. The Hall–Kier alpha value is -3.35. The number of anilines is 1. The molecular weight excluding hydrogens is 394 g/mol. The number of nitrogens with one attached hydrogen (secondary N) is 3. The Kier molecular flexibility index (Phi) is 7.65. The van der Waals surface area contributed by atoms with Crippen LogP contribution in [0, 0.1) is 0 Å². The lowest BCUT2D eigenvalue weighted by atomic mass is 10.1. The Bertz CT molecular complexity index is 936. The van der Waals surface area contributed by atoms with Crippen LogP contribution in [-0.4, -0.2) is 29.9 Å². The molecule has 1 aliphatic carbocycles. The van der Waals surface area contributed by atoms with E-state index in [-0.39, 0.29) is 24.6 Å². The van der Waals surface area contributed by atoms with Gasteiger partial charge in [0, 0.05) is 18.2 Å². The van der Waals surface area contributed by atoms with Gasteiger partial charge in [0.25, 0.3) is 5.91 Å². The first-order valence-corrected chi connectivity index (χ1v) is 10.7. The predicted molar refractivity (Wildman–Crippen MR) is 119 cm³/mol. The lowest BCUT2D eigenvalue weighted by Crippen LogP contribution is -2.36. The van der Waals surface area contributed by atoms with Crippen molar-refractivity contribution in [3.63, 3.8) is 0 Å². The zero-order chi connectivity index (χ0) is 22.2. The molecule has 31 heavy (non-hydrogen) atoms. The van der Waals surface area contributed by atoms with E-state index in [0.29, 0.717) is 17.0 Å². The summed E-state index contributed by atoms with van der Waals surface area (Å²) >= 11 is 0. The van der Waals surface area contributed by atoms with E-state index in [1.54, 1.807) is 24.3 Å². The molecule has 0 spiro atoms. The molecule has 0 bridgehead atoms. The van der Waals surface area contributed by atoms with Gasteiger partial charge in [0.15, 0.2) is 0 Å². The zero-order valence-corrected chi connectivity index (χ0v) is 17.9. The molecule has 2 aromatic carbocycles. The molecular formula is C24H29N3O4. The molecule has 1 fully saturated rings. The van der Waals surface area contributed by atoms with Crippen LogP contribution in [0.4, 0.5) is 5.69 Å². The van der Waals surface area contributed by atoms with E-state index in [1.807, 2.05) is 38.1 Å². The lowest BCUT2D eigenvalue weighted by Gasteiger charge is -2.16. The number of rotatable bonds is 7. The molecule has 1 aliphatic rings. The van der Waals surface area contributed by atoms with Crippen LogP contribution in [0.5, 0.6) is 5.75 Å². The third-order valence-electron chi connectivity index (χ3n) is 5.09. The maximum Gasteiger partial charge on any atom is 0.313 e. The summed E-state index contributed by atoms with van der Waals surface area (Å²) < 4.78 is 5.73. The van der Waals surface area contributed by atoms with Crippen molar-refractivity contribution in [3.05, 3.63) is 59.7 Å². The van der Waals surface area contributed by atoms with Gasteiger partial charge in [-0.2, -0.15) is 0 Å². The average molecular weight is 424 g/mol. The molecule has 2 aromatic rings. The van der Waals surface area contributed by atoms with Crippen molar-refractivity contribution in [2.45, 2.75) is 58.2 Å². The quantitative estimate of drug-likeness (QED) is 0.595. The fourth-order valence-electron chi connectivity index (χ4n) is 3.58. The van der Waals surface area contributed by atoms with Crippen molar-refractivity contribution in [2.75, 3.05) is 5.32 Å². The zero-order valence-electron chi connectivity index (χ0n) is 17.9. The van der Waals surface area contributed by atoms with Gasteiger partial charge in [0.2, 0.25) is 0 Å². The van der Waals surface area contributed by atoms with E-state index in [2.05, 4.69) is 16.0 Å². The van der Waals surface area contributed by atoms with Crippen LogP contribution in [0.1, 0.15) is 55.5 Å². The molecule has 0 radical (unpaired) electrons. The fraction of sp³-hybridized carbons (Fsp3) is 0.375. The van der Waals surface area contributed by atoms with E-state index in [4.69, 9.17) is 4.74 Å². The number of hydrogen-bond acceptors (Lipinski definition) is 4. The summed E-state index contributed by atoms with van der Waals surface area (Å²) in [6, 6.07) is 14.2. The molecule has 3 amide bonds. The average Bonchev–Trinajstić information content (AvgIpc) is 3.25. The standard InChI is InChI=1S/C24H29N3O4/c1-16(2)31-21-14-8-3-9-17(21)15-25-23(29)24(30)27-20-13-7-6-12-19(20)22(28)26-18-10-4-5-11-18/h3,6-9,12-14,16,18H,4-5,10-11,15H2,1-2H3,(H,25,29)(H,26,28)(H,27,30). The van der Waals surface area contributed by atoms with Crippen molar-refractivity contribution < 1.29 is 19.1 Å². The molecule has 164 valence electrons. The van der Waals surface area contributed by atoms with Gasteiger partial charge in [-0.25, -0.2) is 0 Å². The molecule has 0 saturated heterocycles. The van der Waals surface area contributed by atoms with E-state index >= 15 is 0 Å². The minimum Gasteiger partial charge on any atom is -0.491 e. The van der Waals surface area contributed by atoms with Crippen LogP contribution >= 0.6 is 0 Å². The Morgan fingerprint density at radius 3 is 2.39 bits per heavy atom. The largest absolute Gasteiger partial charge is 0.491 e. The highest BCUT2D eigenvalue weighted by Gasteiger charge is 2.21. The van der Waals surface area contributed by atoms with E-state index in [9.17, 15) is 14.4 Å². The van der Waals surface area contributed by atoms with Gasteiger partial charge in [-0.05, 0) is 44.9 Å². The predicted octanol–water partition coefficient (Wildman–Crippen LogP) is 3.40. The summed E-state index contributed by atoms with van der Waals surface area (Å²) in [7, 11) is 0. The van der Waals surface area contributed by atoms with Gasteiger partial charge < -0.3 is 20.7 Å². The molecule has 1 saturated carbocycles. The van der Waals surface area contributed by atoms with Gasteiger partial charge in [0.05, 0.1) is 17.4 Å². The topological polar surface area (TPSA) is 96.5 Å². The molecule has 7 nitrogen and oxygen atoms in total. The molecule has 7 heteroatoms. The second-order valence-corrected chi connectivity index (χ2v) is 7.91. The number of carbonyl (C=O) groups is 3. The highest BCUT2D eigenvalue weighted by molar-refractivity contribution is 6.40. The first-order chi connectivity index (χ1) is 14.9. The van der Waals surface area contributed by atoms with Crippen molar-refractivity contribution in [1.82, 2.24) is 10.6 Å². The number of para-hydroxylation sites is 2. The van der Waals surface area contributed by atoms with E-state index in [1.165, 1.54) is 0 Å². The normalized spacial score (nSPS) is 13.6. The highest BCUT2D eigenvalue weighted by Crippen LogP contribution is 2.21. The number of benzene rings is 2. The summed E-state index contributed by atoms with van der Waals surface area (Å²) in [4.78, 5) is 37.4. The number of carbonyl (C=O) groups excluding carboxylic acids is 3. The van der Waals surface area contributed by atoms with Gasteiger partial charge in [-0.15, -0.1) is 0 Å². The Balaban J connectivity index is 1.60. The summed E-state index contributed by atoms with van der Waals surface area (Å²) in [5, 5.41) is 8.17. The molecule has 3 N–H and O–H groups in total. The molecule has 3 rings (SSSR count). The Morgan fingerprint density at radius 1 is 0.968 bits per heavy atom. The Labute approximate surface area is 182 Å². The van der Waals surface area contributed by atoms with Gasteiger partial charge in [-0.3, -0.25) is 14.4 Å². The minimum atomic E-state index is -0.830. The lowest BCUT2D eigenvalue weighted by molar-refractivity contribution is -0.136. The monoisotopic (exact) mass is 423 g/mol. The smallest absolute Gasteiger partial charge is 0.313 e. The van der Waals surface area contributed by atoms with Crippen LogP contribution < -0.4 is 20.7 Å². The third kappa shape index (κ3) is 6.31. The third-order valence-corrected chi connectivity index (χ3v) is 5.09. The SMILES string of the molecule is CC(C)Oc1ccccc1CNC(=O)C(=O)Nc1ccccc1C(=O)NC1CCCC1. The summed E-state index contributed by atoms with van der Waals surface area (Å²) in [5.41, 5.74) is 1.42. The number of amides is 3. The second kappa shape index (κ2) is 10.6. The minimum absolute atomic E-state index is 0.00738. The molecule has 0 unspecified atom stereocenters. The van der Waals surface area contributed by atoms with Gasteiger partial charge in [-0.1, -0.05) is 43.2 Å². The van der Waals surface area contributed by atoms with Crippen LogP contribution in [-0.2, 0) is 16.1 Å². The van der Waals surface area contributed by atoms with Crippen LogP contribution in [0.2, 0.25) is 0 Å². The van der Waals surface area contributed by atoms with Crippen molar-refractivity contribution in [1.29, 1.82) is 0 Å². The van der Waals surface area contributed by atoms with Crippen molar-refractivity contribution in [3.8, 4) is 5.75 Å². The first kappa shape index (κ1) is 22.3. The second-order valence-electron chi connectivity index (χ2n) is 7.91. The summed E-state index contributed by atoms with van der Waals surface area (Å²) in [6.07, 6.45) is 4.13. The van der Waals surface area contributed by atoms with Crippen LogP contribution in [0.15, 0.2) is 48.5 Å². The highest BCUT2D eigenvalue weighted by atomic mass is 16.5. The number of ether oxygens (including phenoxy) is 1. The van der Waals surface area contributed by atoms with Gasteiger partial charge >= 0.3 is 11.8 Å². The fourth-order valence-corrected chi connectivity index (χ4v) is 3.58. The number of hydrogen-bond donors (Lipinski definition) is 3. The Morgan fingerprint density at radius 2 is 1.65 bits per heavy atom. The van der Waals surface area contributed by atoms with Crippen molar-refractivity contribution >= 4 is 23.4 Å². The maximum absolute atomic E-state index is 12.6. The van der Waals surface area contributed by atoms with Crippen molar-refractivity contribution in [2.24, 2.45) is 0 Å². The molecule has 0 aliphatic heterocycles. The maximum atomic E-state index is 12.6. The molecule has 0 heterocycles. The molecule has 0 aromatic heterocycles. The van der Waals surface area contributed by atoms with Gasteiger partial charge in [0.1, 0.15) is 5.75 Å². The van der Waals surface area contributed by atoms with E-state index in [0.717, 1.165) is 31.2 Å². The van der Waals surface area contributed by atoms with E-state index < -0.39 is 11.8 Å². The first-order valence-electron chi connectivity index (χ1n) is 10.7. The summed E-state index contributed by atoms with van der Waals surface area (Å²) in [5.74, 6) is -1.20. The van der Waals surface area contributed by atoms with Crippen LogP contribution in [0.3, 0.4) is 0 Å².